The Bertz CT molecular complexity index is 402. The number of phenols is 1. The van der Waals surface area contributed by atoms with Gasteiger partial charge < -0.3 is 15.5 Å². The van der Waals surface area contributed by atoms with Crippen LogP contribution in [0.15, 0.2) is 12.1 Å². The molecule has 0 atom stereocenters. The highest BCUT2D eigenvalue weighted by Gasteiger charge is 2.07. The fourth-order valence-corrected chi connectivity index (χ4v) is 1.66. The Morgan fingerprint density at radius 1 is 1.29 bits per heavy atom. The van der Waals surface area contributed by atoms with Gasteiger partial charge in [0.2, 0.25) is 0 Å². The minimum absolute atomic E-state index is 0.172. The monoisotopic (exact) mass is 237 g/mol. The Morgan fingerprint density at radius 2 is 1.94 bits per heavy atom. The first-order valence-corrected chi connectivity index (χ1v) is 5.73. The number of hydrogen-bond donors (Lipinski definition) is 3. The van der Waals surface area contributed by atoms with E-state index in [0.29, 0.717) is 25.3 Å². The van der Waals surface area contributed by atoms with Crippen molar-refractivity contribution in [3.05, 3.63) is 28.8 Å². The van der Waals surface area contributed by atoms with Crippen molar-refractivity contribution in [2.45, 2.75) is 33.2 Å². The number of nitrogens with one attached hydrogen (secondary N) is 1. The molecule has 0 fully saturated rings. The molecule has 0 aromatic heterocycles. The molecule has 3 N–H and O–H groups in total. The number of rotatable bonds is 6. The van der Waals surface area contributed by atoms with Crippen LogP contribution in [0.5, 0.6) is 5.75 Å². The zero-order chi connectivity index (χ0) is 12.8. The normalized spacial score (nSPS) is 10.5. The number of aromatic hydroxyl groups is 1. The molecule has 0 saturated carbocycles. The molecule has 1 aromatic carbocycles. The summed E-state index contributed by atoms with van der Waals surface area (Å²) in [5, 5.41) is 21.5. The van der Waals surface area contributed by atoms with Gasteiger partial charge in [-0.2, -0.15) is 0 Å². The molecule has 0 heterocycles. The van der Waals surface area contributed by atoms with Crippen molar-refractivity contribution in [2.24, 2.45) is 0 Å². The summed E-state index contributed by atoms with van der Waals surface area (Å²) in [6.07, 6.45) is 0.771. The molecule has 0 bridgehead atoms. The number of carbonyl (C=O) groups is 1. The standard InChI is InChI=1S/C13H19NO3/c1-9-5-6-10(2)13(17)11(9)8-14-7-3-4-12(15)16/h5-6,14,17H,3-4,7-8H2,1-2H3,(H,15,16). The topological polar surface area (TPSA) is 69.6 Å². The van der Waals surface area contributed by atoms with E-state index in [0.717, 1.165) is 16.7 Å². The highest BCUT2D eigenvalue weighted by Crippen LogP contribution is 2.24. The van der Waals surface area contributed by atoms with E-state index in [1.807, 2.05) is 26.0 Å². The molecule has 4 nitrogen and oxygen atoms in total. The third kappa shape index (κ3) is 4.07. The van der Waals surface area contributed by atoms with Gasteiger partial charge in [-0.05, 0) is 37.9 Å². The highest BCUT2D eigenvalue weighted by molar-refractivity contribution is 5.66. The lowest BCUT2D eigenvalue weighted by molar-refractivity contribution is -0.137. The minimum atomic E-state index is -0.776. The van der Waals surface area contributed by atoms with Crippen molar-refractivity contribution < 1.29 is 15.0 Å². The number of benzene rings is 1. The molecule has 0 aliphatic carbocycles. The van der Waals surface area contributed by atoms with Crippen molar-refractivity contribution in [1.29, 1.82) is 0 Å². The molecule has 0 radical (unpaired) electrons. The van der Waals surface area contributed by atoms with Gasteiger partial charge in [-0.1, -0.05) is 12.1 Å². The minimum Gasteiger partial charge on any atom is -0.507 e. The van der Waals surface area contributed by atoms with Crippen molar-refractivity contribution in [3.8, 4) is 5.75 Å². The van der Waals surface area contributed by atoms with E-state index >= 15 is 0 Å². The number of carboxylic acids is 1. The maximum absolute atomic E-state index is 10.3. The van der Waals surface area contributed by atoms with Crippen molar-refractivity contribution in [2.75, 3.05) is 6.54 Å². The van der Waals surface area contributed by atoms with Crippen molar-refractivity contribution in [1.82, 2.24) is 5.32 Å². The summed E-state index contributed by atoms with van der Waals surface area (Å²) in [6, 6.07) is 3.86. The van der Waals surface area contributed by atoms with Gasteiger partial charge in [0.1, 0.15) is 5.75 Å². The predicted molar refractivity (Wildman–Crippen MR) is 66.2 cm³/mol. The molecule has 1 rings (SSSR count). The molecule has 0 saturated heterocycles. The average Bonchev–Trinajstić information content (AvgIpc) is 2.27. The first-order chi connectivity index (χ1) is 8.02. The molecule has 17 heavy (non-hydrogen) atoms. The summed E-state index contributed by atoms with van der Waals surface area (Å²) in [5.41, 5.74) is 2.79. The second-order valence-electron chi connectivity index (χ2n) is 4.20. The van der Waals surface area contributed by atoms with E-state index in [1.54, 1.807) is 0 Å². The molecule has 0 aliphatic rings. The predicted octanol–water partition coefficient (Wildman–Crippen LogP) is 1.96. The number of hydrogen-bond acceptors (Lipinski definition) is 3. The summed E-state index contributed by atoms with van der Waals surface area (Å²) in [7, 11) is 0. The molecule has 1 aromatic rings. The zero-order valence-corrected chi connectivity index (χ0v) is 10.3. The summed E-state index contributed by atoms with van der Waals surface area (Å²) >= 11 is 0. The molecule has 94 valence electrons. The van der Waals surface area contributed by atoms with Gasteiger partial charge in [-0.3, -0.25) is 4.79 Å². The van der Waals surface area contributed by atoms with Gasteiger partial charge in [-0.25, -0.2) is 0 Å². The summed E-state index contributed by atoms with van der Waals surface area (Å²) in [5.74, 6) is -0.447. The molecule has 0 spiro atoms. The second-order valence-corrected chi connectivity index (χ2v) is 4.20. The molecular weight excluding hydrogens is 218 g/mol. The lowest BCUT2D eigenvalue weighted by atomic mass is 10.0. The van der Waals surface area contributed by atoms with Crippen LogP contribution in [0.25, 0.3) is 0 Å². The van der Waals surface area contributed by atoms with Crippen LogP contribution in [0.1, 0.15) is 29.5 Å². The maximum atomic E-state index is 10.3. The Morgan fingerprint density at radius 3 is 2.59 bits per heavy atom. The zero-order valence-electron chi connectivity index (χ0n) is 10.3. The van der Waals surface area contributed by atoms with Gasteiger partial charge in [-0.15, -0.1) is 0 Å². The van der Waals surface area contributed by atoms with Crippen LogP contribution in [-0.4, -0.2) is 22.7 Å². The quantitative estimate of drug-likeness (QED) is 0.661. The van der Waals surface area contributed by atoms with Gasteiger partial charge in [0.25, 0.3) is 0 Å². The summed E-state index contributed by atoms with van der Waals surface area (Å²) < 4.78 is 0. The molecule has 0 aliphatic heterocycles. The van der Waals surface area contributed by atoms with Gasteiger partial charge in [0.05, 0.1) is 0 Å². The highest BCUT2D eigenvalue weighted by atomic mass is 16.4. The van der Waals surface area contributed by atoms with E-state index in [1.165, 1.54) is 0 Å². The Hall–Kier alpha value is -1.55. The summed E-state index contributed by atoms with van der Waals surface area (Å²) in [6.45, 7) is 5.02. The maximum Gasteiger partial charge on any atom is 0.303 e. The average molecular weight is 237 g/mol. The van der Waals surface area contributed by atoms with E-state index in [9.17, 15) is 9.90 Å². The Balaban J connectivity index is 2.46. The van der Waals surface area contributed by atoms with Gasteiger partial charge in [0.15, 0.2) is 0 Å². The first kappa shape index (κ1) is 13.5. The number of aryl methyl sites for hydroxylation is 2. The first-order valence-electron chi connectivity index (χ1n) is 5.73. The fourth-order valence-electron chi connectivity index (χ4n) is 1.66. The smallest absolute Gasteiger partial charge is 0.303 e. The Labute approximate surface area is 101 Å². The fraction of sp³-hybridized carbons (Fsp3) is 0.462. The number of aliphatic carboxylic acids is 1. The SMILES string of the molecule is Cc1ccc(C)c(CNCCCC(=O)O)c1O. The molecule has 4 heteroatoms. The Kier molecular flexibility index (Phi) is 4.97. The van der Waals surface area contributed by atoms with E-state index in [2.05, 4.69) is 5.32 Å². The van der Waals surface area contributed by atoms with Crippen LogP contribution < -0.4 is 5.32 Å². The van der Waals surface area contributed by atoms with Crippen LogP contribution in [-0.2, 0) is 11.3 Å². The lowest BCUT2D eigenvalue weighted by Crippen LogP contribution is -2.16. The van der Waals surface area contributed by atoms with E-state index in [-0.39, 0.29) is 6.42 Å². The van der Waals surface area contributed by atoms with Crippen molar-refractivity contribution >= 4 is 5.97 Å². The van der Waals surface area contributed by atoms with E-state index < -0.39 is 5.97 Å². The van der Waals surface area contributed by atoms with Crippen LogP contribution in [0.4, 0.5) is 0 Å². The van der Waals surface area contributed by atoms with E-state index in [4.69, 9.17) is 5.11 Å². The molecule has 0 unspecified atom stereocenters. The third-order valence-corrected chi connectivity index (χ3v) is 2.76. The lowest BCUT2D eigenvalue weighted by Gasteiger charge is -2.11. The number of carboxylic acid groups (broad SMARTS) is 1. The van der Waals surface area contributed by atoms with Crippen LogP contribution in [0, 0.1) is 13.8 Å². The van der Waals surface area contributed by atoms with Crippen molar-refractivity contribution in [3.63, 3.8) is 0 Å². The third-order valence-electron chi connectivity index (χ3n) is 2.76. The van der Waals surface area contributed by atoms with Crippen LogP contribution in [0.2, 0.25) is 0 Å². The second kappa shape index (κ2) is 6.25. The number of phenolic OH excluding ortho intramolecular Hbond substituents is 1. The van der Waals surface area contributed by atoms with Crippen LogP contribution >= 0.6 is 0 Å². The molecular formula is C13H19NO3. The van der Waals surface area contributed by atoms with Crippen LogP contribution in [0.3, 0.4) is 0 Å². The molecule has 0 amide bonds. The van der Waals surface area contributed by atoms with Gasteiger partial charge in [0, 0.05) is 18.5 Å². The summed E-state index contributed by atoms with van der Waals surface area (Å²) in [4.78, 5) is 10.3. The van der Waals surface area contributed by atoms with Gasteiger partial charge >= 0.3 is 5.97 Å². The largest absolute Gasteiger partial charge is 0.507 e.